The third kappa shape index (κ3) is 4.84. The second-order valence-electron chi connectivity index (χ2n) is 5.33. The molecule has 1 aliphatic rings. The molecule has 0 aromatic heterocycles. The first kappa shape index (κ1) is 14.0. The SMILES string of the molecule is CCC(CCO)CNC1CCCC(CC)C1. The Morgan fingerprint density at radius 2 is 2.12 bits per heavy atom. The molecule has 3 unspecified atom stereocenters. The molecule has 96 valence electrons. The van der Waals surface area contributed by atoms with E-state index in [1.54, 1.807) is 0 Å². The highest BCUT2D eigenvalue weighted by Gasteiger charge is 2.20. The normalized spacial score (nSPS) is 27.9. The predicted molar refractivity (Wildman–Crippen MR) is 69.5 cm³/mol. The van der Waals surface area contributed by atoms with Gasteiger partial charge in [0.15, 0.2) is 0 Å². The summed E-state index contributed by atoms with van der Waals surface area (Å²) in [6, 6.07) is 0.742. The Hall–Kier alpha value is -0.0800. The summed E-state index contributed by atoms with van der Waals surface area (Å²) in [6.07, 6.45) is 9.02. The van der Waals surface area contributed by atoms with Crippen LogP contribution in [0, 0.1) is 11.8 Å². The summed E-state index contributed by atoms with van der Waals surface area (Å²) in [5.74, 6) is 1.61. The van der Waals surface area contributed by atoms with E-state index in [0.29, 0.717) is 12.5 Å². The minimum atomic E-state index is 0.336. The average molecular weight is 227 g/mol. The molecule has 1 saturated carbocycles. The van der Waals surface area contributed by atoms with Gasteiger partial charge < -0.3 is 10.4 Å². The van der Waals surface area contributed by atoms with Crippen molar-refractivity contribution in [3.63, 3.8) is 0 Å². The summed E-state index contributed by atoms with van der Waals surface area (Å²) >= 11 is 0. The number of rotatable bonds is 7. The van der Waals surface area contributed by atoms with Crippen LogP contribution >= 0.6 is 0 Å². The van der Waals surface area contributed by atoms with Gasteiger partial charge in [-0.3, -0.25) is 0 Å². The van der Waals surface area contributed by atoms with Gasteiger partial charge in [0.1, 0.15) is 0 Å². The van der Waals surface area contributed by atoms with Gasteiger partial charge in [-0.15, -0.1) is 0 Å². The van der Waals surface area contributed by atoms with Crippen molar-refractivity contribution in [3.05, 3.63) is 0 Å². The van der Waals surface area contributed by atoms with Crippen LogP contribution in [0.4, 0.5) is 0 Å². The fraction of sp³-hybridized carbons (Fsp3) is 1.00. The summed E-state index contributed by atoms with van der Waals surface area (Å²) in [5, 5.41) is 12.7. The molecule has 0 aromatic carbocycles. The molecule has 0 aromatic rings. The number of aliphatic hydroxyl groups is 1. The summed E-state index contributed by atoms with van der Waals surface area (Å²) < 4.78 is 0. The van der Waals surface area contributed by atoms with E-state index in [0.717, 1.165) is 24.9 Å². The first-order chi connectivity index (χ1) is 7.80. The molecule has 0 bridgehead atoms. The van der Waals surface area contributed by atoms with E-state index in [9.17, 15) is 0 Å². The first-order valence-corrected chi connectivity index (χ1v) is 7.14. The van der Waals surface area contributed by atoms with Crippen LogP contribution in [-0.4, -0.2) is 24.3 Å². The van der Waals surface area contributed by atoms with Gasteiger partial charge in [0.2, 0.25) is 0 Å². The van der Waals surface area contributed by atoms with E-state index in [1.165, 1.54) is 38.5 Å². The lowest BCUT2D eigenvalue weighted by atomic mass is 9.84. The lowest BCUT2D eigenvalue weighted by molar-refractivity contribution is 0.233. The molecule has 1 aliphatic carbocycles. The van der Waals surface area contributed by atoms with E-state index < -0.39 is 0 Å². The molecule has 1 fully saturated rings. The van der Waals surface area contributed by atoms with Crippen molar-refractivity contribution in [1.29, 1.82) is 0 Å². The van der Waals surface area contributed by atoms with Crippen molar-refractivity contribution in [2.24, 2.45) is 11.8 Å². The van der Waals surface area contributed by atoms with Crippen molar-refractivity contribution in [1.82, 2.24) is 5.32 Å². The van der Waals surface area contributed by atoms with Gasteiger partial charge in [-0.1, -0.05) is 39.5 Å². The molecule has 3 atom stereocenters. The first-order valence-electron chi connectivity index (χ1n) is 7.14. The highest BCUT2D eigenvalue weighted by atomic mass is 16.3. The quantitative estimate of drug-likeness (QED) is 0.701. The smallest absolute Gasteiger partial charge is 0.0434 e. The third-order valence-corrected chi connectivity index (χ3v) is 4.17. The van der Waals surface area contributed by atoms with Gasteiger partial charge >= 0.3 is 0 Å². The van der Waals surface area contributed by atoms with E-state index >= 15 is 0 Å². The van der Waals surface area contributed by atoms with E-state index in [4.69, 9.17) is 5.11 Å². The Kier molecular flexibility index (Phi) is 7.06. The Morgan fingerprint density at radius 3 is 2.75 bits per heavy atom. The maximum atomic E-state index is 8.96. The molecule has 1 rings (SSSR count). The molecule has 16 heavy (non-hydrogen) atoms. The number of hydrogen-bond donors (Lipinski definition) is 2. The standard InChI is InChI=1S/C14H29NO/c1-3-12-6-5-7-14(10-12)15-11-13(4-2)8-9-16/h12-16H,3-11H2,1-2H3. The van der Waals surface area contributed by atoms with Crippen LogP contribution in [0.25, 0.3) is 0 Å². The molecular formula is C14H29NO. The minimum Gasteiger partial charge on any atom is -0.396 e. The van der Waals surface area contributed by atoms with Crippen LogP contribution < -0.4 is 5.32 Å². The van der Waals surface area contributed by atoms with Crippen LogP contribution in [0.2, 0.25) is 0 Å². The number of aliphatic hydroxyl groups excluding tert-OH is 1. The molecular weight excluding hydrogens is 198 g/mol. The van der Waals surface area contributed by atoms with Crippen molar-refractivity contribution < 1.29 is 5.11 Å². The molecule has 0 spiro atoms. The highest BCUT2D eigenvalue weighted by Crippen LogP contribution is 2.26. The van der Waals surface area contributed by atoms with Crippen LogP contribution in [0.15, 0.2) is 0 Å². The zero-order valence-corrected chi connectivity index (χ0v) is 11.0. The fourth-order valence-corrected chi connectivity index (χ4v) is 2.81. The zero-order valence-electron chi connectivity index (χ0n) is 11.0. The van der Waals surface area contributed by atoms with Crippen LogP contribution in [0.1, 0.15) is 58.8 Å². The van der Waals surface area contributed by atoms with Crippen LogP contribution in [0.3, 0.4) is 0 Å². The Bertz CT molecular complexity index is 172. The lowest BCUT2D eigenvalue weighted by Gasteiger charge is -2.30. The second kappa shape index (κ2) is 8.08. The fourth-order valence-electron chi connectivity index (χ4n) is 2.81. The van der Waals surface area contributed by atoms with Gasteiger partial charge in [0, 0.05) is 12.6 Å². The molecule has 2 heteroatoms. The number of nitrogens with one attached hydrogen (secondary N) is 1. The van der Waals surface area contributed by atoms with Crippen molar-refractivity contribution in [2.45, 2.75) is 64.8 Å². The van der Waals surface area contributed by atoms with E-state index in [2.05, 4.69) is 19.2 Å². The topological polar surface area (TPSA) is 32.3 Å². The van der Waals surface area contributed by atoms with Gasteiger partial charge in [-0.25, -0.2) is 0 Å². The molecule has 2 nitrogen and oxygen atoms in total. The second-order valence-corrected chi connectivity index (χ2v) is 5.33. The highest BCUT2D eigenvalue weighted by molar-refractivity contribution is 4.78. The van der Waals surface area contributed by atoms with E-state index in [1.807, 2.05) is 0 Å². The molecule has 0 amide bonds. The van der Waals surface area contributed by atoms with Crippen LogP contribution in [0.5, 0.6) is 0 Å². The average Bonchev–Trinajstić information content (AvgIpc) is 2.34. The van der Waals surface area contributed by atoms with Gasteiger partial charge in [0.05, 0.1) is 0 Å². The monoisotopic (exact) mass is 227 g/mol. The Morgan fingerprint density at radius 1 is 1.31 bits per heavy atom. The zero-order chi connectivity index (χ0) is 11.8. The third-order valence-electron chi connectivity index (χ3n) is 4.17. The summed E-state index contributed by atoms with van der Waals surface area (Å²) in [5.41, 5.74) is 0. The molecule has 2 N–H and O–H groups in total. The maximum absolute atomic E-state index is 8.96. The van der Waals surface area contributed by atoms with Crippen molar-refractivity contribution in [2.75, 3.05) is 13.2 Å². The van der Waals surface area contributed by atoms with Crippen molar-refractivity contribution in [3.8, 4) is 0 Å². The molecule has 0 aliphatic heterocycles. The number of hydrogen-bond acceptors (Lipinski definition) is 2. The van der Waals surface area contributed by atoms with Crippen molar-refractivity contribution >= 4 is 0 Å². The molecule has 0 saturated heterocycles. The largest absolute Gasteiger partial charge is 0.396 e. The van der Waals surface area contributed by atoms with Gasteiger partial charge in [0.25, 0.3) is 0 Å². The Labute approximate surface area is 101 Å². The molecule has 0 radical (unpaired) electrons. The maximum Gasteiger partial charge on any atom is 0.0434 e. The van der Waals surface area contributed by atoms with Crippen LogP contribution in [-0.2, 0) is 0 Å². The van der Waals surface area contributed by atoms with Gasteiger partial charge in [-0.2, -0.15) is 0 Å². The minimum absolute atomic E-state index is 0.336. The van der Waals surface area contributed by atoms with E-state index in [-0.39, 0.29) is 0 Å². The summed E-state index contributed by atoms with van der Waals surface area (Å²) in [7, 11) is 0. The molecule has 0 heterocycles. The Balaban J connectivity index is 2.20. The summed E-state index contributed by atoms with van der Waals surface area (Å²) in [4.78, 5) is 0. The van der Waals surface area contributed by atoms with Gasteiger partial charge in [-0.05, 0) is 37.6 Å². The predicted octanol–water partition coefficient (Wildman–Crippen LogP) is 2.95. The lowest BCUT2D eigenvalue weighted by Crippen LogP contribution is -2.37. The summed E-state index contributed by atoms with van der Waals surface area (Å²) in [6.45, 7) is 5.96.